The molecule has 0 saturated heterocycles. The van der Waals surface area contributed by atoms with Crippen molar-refractivity contribution < 1.29 is 14.3 Å². The highest BCUT2D eigenvalue weighted by atomic mass is 16.5. The van der Waals surface area contributed by atoms with Gasteiger partial charge in [0.25, 0.3) is 0 Å². The number of carbonyl (C=O) groups excluding carboxylic acids is 2. The van der Waals surface area contributed by atoms with E-state index in [-0.39, 0.29) is 5.78 Å². The molecule has 0 spiro atoms. The van der Waals surface area contributed by atoms with E-state index < -0.39 is 6.09 Å². The van der Waals surface area contributed by atoms with Crippen LogP contribution in [0.5, 0.6) is 0 Å². The van der Waals surface area contributed by atoms with Crippen molar-refractivity contribution >= 4 is 17.6 Å². The fourth-order valence-electron chi connectivity index (χ4n) is 1.67. The molecule has 0 unspecified atom stereocenters. The molecule has 0 aliphatic carbocycles. The lowest BCUT2D eigenvalue weighted by atomic mass is 10.1. The minimum absolute atomic E-state index is 0.110. The lowest BCUT2D eigenvalue weighted by Gasteiger charge is -2.19. The number of nitrogens with zero attached hydrogens (tertiary/aromatic N) is 2. The molecular formula is C15H20N2O3. The Morgan fingerprint density at radius 2 is 2.00 bits per heavy atom. The van der Waals surface area contributed by atoms with Crippen molar-refractivity contribution in [3.8, 4) is 0 Å². The van der Waals surface area contributed by atoms with Gasteiger partial charge >= 0.3 is 6.09 Å². The van der Waals surface area contributed by atoms with Crippen LogP contribution >= 0.6 is 0 Å². The second-order valence-electron chi connectivity index (χ2n) is 4.41. The maximum atomic E-state index is 12.0. The molecule has 5 heteroatoms. The van der Waals surface area contributed by atoms with Gasteiger partial charge in [0.1, 0.15) is 0 Å². The number of ketones is 1. The maximum absolute atomic E-state index is 12.0. The summed E-state index contributed by atoms with van der Waals surface area (Å²) in [5, 5.41) is 0. The molecule has 0 bridgehead atoms. The Balaban J connectivity index is 3.00. The third-order valence-electron chi connectivity index (χ3n) is 2.68. The van der Waals surface area contributed by atoms with Crippen LogP contribution in [-0.2, 0) is 4.74 Å². The van der Waals surface area contributed by atoms with E-state index in [9.17, 15) is 9.59 Å². The molecule has 1 aromatic carbocycles. The number of methoxy groups -OCH3 is 1. The molecule has 0 radical (unpaired) electrons. The maximum Gasteiger partial charge on any atom is 0.413 e. The summed E-state index contributed by atoms with van der Waals surface area (Å²) in [4.78, 5) is 26.9. The van der Waals surface area contributed by atoms with Gasteiger partial charge in [-0.15, -0.1) is 0 Å². The van der Waals surface area contributed by atoms with Gasteiger partial charge in [-0.2, -0.15) is 0 Å². The number of ether oxygens (including phenoxy) is 1. The Hall–Kier alpha value is -2.30. The number of hydrogen-bond donors (Lipinski definition) is 0. The summed E-state index contributed by atoms with van der Waals surface area (Å²) in [6.45, 7) is 2.31. The second-order valence-corrected chi connectivity index (χ2v) is 4.41. The summed E-state index contributed by atoms with van der Waals surface area (Å²) in [5.41, 5.74) is 1.17. The molecule has 1 amide bonds. The highest BCUT2D eigenvalue weighted by Crippen LogP contribution is 2.17. The zero-order valence-electron chi connectivity index (χ0n) is 12.3. The largest absolute Gasteiger partial charge is 0.452 e. The third-order valence-corrected chi connectivity index (χ3v) is 2.68. The van der Waals surface area contributed by atoms with Crippen LogP contribution in [0.25, 0.3) is 0 Å². The van der Waals surface area contributed by atoms with Crippen LogP contribution in [0, 0.1) is 0 Å². The van der Waals surface area contributed by atoms with E-state index >= 15 is 0 Å². The average Bonchev–Trinajstić information content (AvgIpc) is 2.45. The number of anilines is 1. The quantitative estimate of drug-likeness (QED) is 0.612. The predicted octanol–water partition coefficient (Wildman–Crippen LogP) is 2.54. The van der Waals surface area contributed by atoms with Crippen LogP contribution in [0.15, 0.2) is 36.5 Å². The smallest absolute Gasteiger partial charge is 0.413 e. The number of rotatable bonds is 5. The number of allylic oxidation sites excluding steroid dienone is 1. The minimum atomic E-state index is -0.444. The van der Waals surface area contributed by atoms with E-state index in [4.69, 9.17) is 4.74 Å². The van der Waals surface area contributed by atoms with Crippen molar-refractivity contribution in [1.82, 2.24) is 4.90 Å². The zero-order valence-corrected chi connectivity index (χ0v) is 12.3. The second kappa shape index (κ2) is 7.33. The van der Waals surface area contributed by atoms with Crippen LogP contribution in [0.2, 0.25) is 0 Å². The van der Waals surface area contributed by atoms with Crippen LogP contribution < -0.4 is 4.90 Å². The van der Waals surface area contributed by atoms with Crippen LogP contribution in [-0.4, -0.2) is 44.5 Å². The molecule has 1 rings (SSSR count). The van der Waals surface area contributed by atoms with Crippen molar-refractivity contribution in [3.63, 3.8) is 0 Å². The Kier molecular flexibility index (Phi) is 5.77. The fourth-order valence-corrected chi connectivity index (χ4v) is 1.67. The molecule has 0 aliphatic heterocycles. The number of benzene rings is 1. The van der Waals surface area contributed by atoms with Crippen molar-refractivity contribution in [2.75, 3.05) is 32.6 Å². The van der Waals surface area contributed by atoms with E-state index in [1.165, 1.54) is 18.1 Å². The molecule has 1 aromatic rings. The van der Waals surface area contributed by atoms with E-state index in [1.54, 1.807) is 35.4 Å². The summed E-state index contributed by atoms with van der Waals surface area (Å²) in [7, 11) is 5.02. The molecule has 0 aromatic heterocycles. The van der Waals surface area contributed by atoms with Gasteiger partial charge in [-0.3, -0.25) is 9.69 Å². The van der Waals surface area contributed by atoms with Gasteiger partial charge in [-0.25, -0.2) is 4.79 Å². The summed E-state index contributed by atoms with van der Waals surface area (Å²) in [6.07, 6.45) is 2.74. The van der Waals surface area contributed by atoms with Crippen LogP contribution in [0.3, 0.4) is 0 Å². The number of hydrogen-bond acceptors (Lipinski definition) is 4. The van der Waals surface area contributed by atoms with Gasteiger partial charge in [-0.05, 0) is 19.1 Å². The summed E-state index contributed by atoms with van der Waals surface area (Å²) in [5.74, 6) is -0.110. The van der Waals surface area contributed by atoms with Gasteiger partial charge < -0.3 is 9.64 Å². The fraction of sp³-hybridized carbons (Fsp3) is 0.333. The van der Waals surface area contributed by atoms with Crippen molar-refractivity contribution in [2.24, 2.45) is 0 Å². The average molecular weight is 276 g/mol. The topological polar surface area (TPSA) is 49.9 Å². The predicted molar refractivity (Wildman–Crippen MR) is 79.0 cm³/mol. The third kappa shape index (κ3) is 4.12. The minimum Gasteiger partial charge on any atom is -0.452 e. The van der Waals surface area contributed by atoms with Crippen LogP contribution in [0.1, 0.15) is 17.3 Å². The summed E-state index contributed by atoms with van der Waals surface area (Å²) in [6, 6.07) is 6.92. The zero-order chi connectivity index (χ0) is 15.1. The van der Waals surface area contributed by atoms with Gasteiger partial charge in [0, 0.05) is 44.2 Å². The first kappa shape index (κ1) is 15.8. The molecule has 5 nitrogen and oxygen atoms in total. The Bertz CT molecular complexity index is 510. The first-order valence-electron chi connectivity index (χ1n) is 6.34. The van der Waals surface area contributed by atoms with Crippen molar-refractivity contribution in [2.45, 2.75) is 6.92 Å². The summed E-state index contributed by atoms with van der Waals surface area (Å²) >= 11 is 0. The molecule has 0 aliphatic rings. The van der Waals surface area contributed by atoms with Crippen molar-refractivity contribution in [3.05, 3.63) is 42.1 Å². The Morgan fingerprint density at radius 1 is 1.30 bits per heavy atom. The molecular weight excluding hydrogens is 256 g/mol. The van der Waals surface area contributed by atoms with Gasteiger partial charge in [0.2, 0.25) is 0 Å². The highest BCUT2D eigenvalue weighted by molar-refractivity contribution is 6.05. The molecule has 0 heterocycles. The van der Waals surface area contributed by atoms with E-state index in [0.29, 0.717) is 17.8 Å². The first-order valence-corrected chi connectivity index (χ1v) is 6.34. The SMILES string of the molecule is CCN(C(=O)OC)c1cccc(C(=O)C=CN(C)C)c1. The van der Waals surface area contributed by atoms with E-state index in [2.05, 4.69) is 0 Å². The monoisotopic (exact) mass is 276 g/mol. The summed E-state index contributed by atoms with van der Waals surface area (Å²) < 4.78 is 4.72. The van der Waals surface area contributed by atoms with Gasteiger partial charge in [-0.1, -0.05) is 12.1 Å². The number of amides is 1. The molecule has 0 fully saturated rings. The van der Waals surface area contributed by atoms with E-state index in [0.717, 1.165) is 0 Å². The standard InChI is InChI=1S/C15H20N2O3/c1-5-17(15(19)20-4)13-8-6-7-12(11-13)14(18)9-10-16(2)3/h6-11H,5H2,1-4H3. The Morgan fingerprint density at radius 3 is 2.55 bits per heavy atom. The van der Waals surface area contributed by atoms with Crippen molar-refractivity contribution in [1.29, 1.82) is 0 Å². The lowest BCUT2D eigenvalue weighted by molar-refractivity contribution is 0.104. The molecule has 0 N–H and O–H groups in total. The molecule has 0 atom stereocenters. The normalized spacial score (nSPS) is 10.4. The van der Waals surface area contributed by atoms with Crippen LogP contribution in [0.4, 0.5) is 10.5 Å². The van der Waals surface area contributed by atoms with Gasteiger partial charge in [0.15, 0.2) is 5.78 Å². The molecule has 108 valence electrons. The van der Waals surface area contributed by atoms with Gasteiger partial charge in [0.05, 0.1) is 7.11 Å². The Labute approximate surface area is 119 Å². The number of carbonyl (C=O) groups is 2. The highest BCUT2D eigenvalue weighted by Gasteiger charge is 2.15. The lowest BCUT2D eigenvalue weighted by Crippen LogP contribution is -2.30. The van der Waals surface area contributed by atoms with E-state index in [1.807, 2.05) is 21.0 Å². The first-order chi connectivity index (χ1) is 9.49. The molecule has 20 heavy (non-hydrogen) atoms. The molecule has 0 saturated carbocycles.